The Labute approximate surface area is 106 Å². The Morgan fingerprint density at radius 3 is 2.39 bits per heavy atom. The summed E-state index contributed by atoms with van der Waals surface area (Å²) in [6.45, 7) is 0. The quantitative estimate of drug-likeness (QED) is 0.881. The van der Waals surface area contributed by atoms with Crippen molar-refractivity contribution in [2.24, 2.45) is 0 Å². The van der Waals surface area contributed by atoms with E-state index in [1.54, 1.807) is 0 Å². The highest BCUT2D eigenvalue weighted by Gasteiger charge is 2.20. The number of benzene rings is 2. The van der Waals surface area contributed by atoms with Crippen LogP contribution in [0.5, 0.6) is 0 Å². The summed E-state index contributed by atoms with van der Waals surface area (Å²) in [4.78, 5) is 0. The number of rotatable bonds is 2. The average molecular weight is 273 g/mol. The number of aliphatic hydroxyl groups excluding tert-OH is 1. The number of halogens is 4. The van der Waals surface area contributed by atoms with Crippen LogP contribution in [0.4, 0.5) is 13.2 Å². The van der Waals surface area contributed by atoms with Crippen LogP contribution in [0.1, 0.15) is 17.2 Å². The van der Waals surface area contributed by atoms with E-state index in [1.807, 2.05) is 0 Å². The van der Waals surface area contributed by atoms with Gasteiger partial charge >= 0.3 is 0 Å². The summed E-state index contributed by atoms with van der Waals surface area (Å²) in [7, 11) is 0. The third-order valence-electron chi connectivity index (χ3n) is 2.53. The fourth-order valence-electron chi connectivity index (χ4n) is 1.62. The van der Waals surface area contributed by atoms with E-state index in [0.29, 0.717) is 6.07 Å². The van der Waals surface area contributed by atoms with Gasteiger partial charge in [0, 0.05) is 17.2 Å². The van der Waals surface area contributed by atoms with Gasteiger partial charge in [-0.25, -0.2) is 13.2 Å². The van der Waals surface area contributed by atoms with Gasteiger partial charge in [-0.1, -0.05) is 29.8 Å². The highest BCUT2D eigenvalue weighted by Crippen LogP contribution is 2.29. The largest absolute Gasteiger partial charge is 0.383 e. The van der Waals surface area contributed by atoms with Crippen molar-refractivity contribution in [3.63, 3.8) is 0 Å². The monoisotopic (exact) mass is 272 g/mol. The van der Waals surface area contributed by atoms with Crippen LogP contribution in [0.25, 0.3) is 0 Å². The molecular formula is C13H8ClF3O. The lowest BCUT2D eigenvalue weighted by molar-refractivity contribution is 0.209. The van der Waals surface area contributed by atoms with Crippen molar-refractivity contribution < 1.29 is 18.3 Å². The van der Waals surface area contributed by atoms with Crippen molar-refractivity contribution in [1.82, 2.24) is 0 Å². The minimum Gasteiger partial charge on any atom is -0.383 e. The van der Waals surface area contributed by atoms with Crippen LogP contribution in [0.3, 0.4) is 0 Å². The molecule has 2 aromatic rings. The fourth-order valence-corrected chi connectivity index (χ4v) is 1.80. The molecule has 1 nitrogen and oxygen atoms in total. The Kier molecular flexibility index (Phi) is 3.59. The molecule has 2 aromatic carbocycles. The van der Waals surface area contributed by atoms with Gasteiger partial charge in [-0.2, -0.15) is 0 Å². The van der Waals surface area contributed by atoms with Gasteiger partial charge in [0.25, 0.3) is 0 Å². The van der Waals surface area contributed by atoms with Crippen molar-refractivity contribution in [2.75, 3.05) is 0 Å². The molecular weight excluding hydrogens is 265 g/mol. The molecule has 0 heterocycles. The summed E-state index contributed by atoms with van der Waals surface area (Å²) < 4.78 is 39.9. The van der Waals surface area contributed by atoms with Crippen molar-refractivity contribution >= 4 is 11.6 Å². The standard InChI is InChI=1S/C13H8ClF3O/c14-10-3-1-2-9(12(10)17)13(18)8-5-4-7(15)6-11(8)16/h1-6,13,18H. The first-order chi connectivity index (χ1) is 8.50. The van der Waals surface area contributed by atoms with E-state index in [2.05, 4.69) is 0 Å². The van der Waals surface area contributed by atoms with Gasteiger partial charge in [-0.3, -0.25) is 0 Å². The minimum absolute atomic E-state index is 0.159. The van der Waals surface area contributed by atoms with Crippen LogP contribution >= 0.6 is 11.6 Å². The SMILES string of the molecule is OC(c1ccc(F)cc1F)c1cccc(Cl)c1F. The molecule has 0 fully saturated rings. The second-order valence-corrected chi connectivity index (χ2v) is 4.12. The Bertz CT molecular complexity index is 586. The Morgan fingerprint density at radius 1 is 1.00 bits per heavy atom. The lowest BCUT2D eigenvalue weighted by Gasteiger charge is -2.13. The van der Waals surface area contributed by atoms with Crippen LogP contribution in [0.15, 0.2) is 36.4 Å². The smallest absolute Gasteiger partial charge is 0.147 e. The molecule has 0 aromatic heterocycles. The third-order valence-corrected chi connectivity index (χ3v) is 2.83. The topological polar surface area (TPSA) is 20.2 Å². The summed E-state index contributed by atoms with van der Waals surface area (Å²) in [5.74, 6) is -2.53. The Balaban J connectivity index is 2.48. The van der Waals surface area contributed by atoms with Gasteiger partial charge in [0.15, 0.2) is 0 Å². The maximum atomic E-state index is 13.7. The molecule has 1 unspecified atom stereocenters. The van der Waals surface area contributed by atoms with Crippen LogP contribution < -0.4 is 0 Å². The molecule has 0 bridgehead atoms. The summed E-state index contributed by atoms with van der Waals surface area (Å²) >= 11 is 5.57. The molecule has 1 atom stereocenters. The number of hydrogen-bond acceptors (Lipinski definition) is 1. The van der Waals surface area contributed by atoms with Gasteiger partial charge in [-0.05, 0) is 12.1 Å². The zero-order valence-corrected chi connectivity index (χ0v) is 9.76. The van der Waals surface area contributed by atoms with E-state index in [1.165, 1.54) is 18.2 Å². The molecule has 0 aliphatic carbocycles. The lowest BCUT2D eigenvalue weighted by atomic mass is 10.0. The zero-order chi connectivity index (χ0) is 13.3. The molecule has 2 rings (SSSR count). The first-order valence-electron chi connectivity index (χ1n) is 5.07. The first-order valence-corrected chi connectivity index (χ1v) is 5.45. The van der Waals surface area contributed by atoms with E-state index in [-0.39, 0.29) is 16.1 Å². The van der Waals surface area contributed by atoms with Gasteiger partial charge in [0.05, 0.1) is 5.02 Å². The molecule has 0 radical (unpaired) electrons. The first kappa shape index (κ1) is 12.9. The predicted octanol–water partition coefficient (Wildman–Crippen LogP) is 3.84. The maximum absolute atomic E-state index is 13.7. The fraction of sp³-hybridized carbons (Fsp3) is 0.0769. The number of aliphatic hydroxyl groups is 1. The summed E-state index contributed by atoms with van der Waals surface area (Å²) in [5, 5.41) is 9.74. The molecule has 0 saturated carbocycles. The molecule has 0 saturated heterocycles. The summed E-state index contributed by atoms with van der Waals surface area (Å²) in [5.41, 5.74) is -0.370. The molecule has 0 aliphatic heterocycles. The van der Waals surface area contributed by atoms with E-state index in [9.17, 15) is 18.3 Å². The molecule has 0 spiro atoms. The third kappa shape index (κ3) is 2.35. The predicted molar refractivity (Wildman–Crippen MR) is 61.8 cm³/mol. The molecule has 94 valence electrons. The molecule has 5 heteroatoms. The van der Waals surface area contributed by atoms with Gasteiger partial charge in [0.1, 0.15) is 23.6 Å². The zero-order valence-electron chi connectivity index (χ0n) is 9.00. The second kappa shape index (κ2) is 5.00. The van der Waals surface area contributed by atoms with E-state index >= 15 is 0 Å². The van der Waals surface area contributed by atoms with Gasteiger partial charge in [0.2, 0.25) is 0 Å². The van der Waals surface area contributed by atoms with Gasteiger partial charge in [-0.15, -0.1) is 0 Å². The van der Waals surface area contributed by atoms with Crippen LogP contribution in [-0.2, 0) is 0 Å². The van der Waals surface area contributed by atoms with E-state index in [4.69, 9.17) is 11.6 Å². The lowest BCUT2D eigenvalue weighted by Crippen LogP contribution is -2.05. The summed E-state index contributed by atoms with van der Waals surface area (Å²) in [6.07, 6.45) is -1.54. The van der Waals surface area contributed by atoms with Crippen molar-refractivity contribution in [3.8, 4) is 0 Å². The van der Waals surface area contributed by atoms with Crippen molar-refractivity contribution in [2.45, 2.75) is 6.10 Å². The average Bonchev–Trinajstić information content (AvgIpc) is 2.32. The maximum Gasteiger partial charge on any atom is 0.147 e. The molecule has 1 N–H and O–H groups in total. The van der Waals surface area contributed by atoms with E-state index in [0.717, 1.165) is 12.1 Å². The van der Waals surface area contributed by atoms with Crippen molar-refractivity contribution in [1.29, 1.82) is 0 Å². The van der Waals surface area contributed by atoms with Crippen molar-refractivity contribution in [3.05, 3.63) is 70.0 Å². The summed E-state index contributed by atoms with van der Waals surface area (Å²) in [6, 6.07) is 6.72. The molecule has 0 aliphatic rings. The highest BCUT2D eigenvalue weighted by atomic mass is 35.5. The Hall–Kier alpha value is -1.52. The second-order valence-electron chi connectivity index (χ2n) is 3.71. The van der Waals surface area contributed by atoms with E-state index < -0.39 is 23.6 Å². The normalized spacial score (nSPS) is 12.5. The highest BCUT2D eigenvalue weighted by molar-refractivity contribution is 6.30. The Morgan fingerprint density at radius 2 is 1.72 bits per heavy atom. The van der Waals surface area contributed by atoms with Crippen LogP contribution in [-0.4, -0.2) is 5.11 Å². The molecule has 18 heavy (non-hydrogen) atoms. The molecule has 0 amide bonds. The number of hydrogen-bond donors (Lipinski definition) is 1. The van der Waals surface area contributed by atoms with Crippen LogP contribution in [0.2, 0.25) is 5.02 Å². The van der Waals surface area contributed by atoms with Crippen LogP contribution in [0, 0.1) is 17.5 Å². The minimum atomic E-state index is -1.54. The van der Waals surface area contributed by atoms with Gasteiger partial charge < -0.3 is 5.11 Å².